The van der Waals surface area contributed by atoms with Gasteiger partial charge in [0.1, 0.15) is 23.9 Å². The van der Waals surface area contributed by atoms with E-state index in [9.17, 15) is 9.59 Å². The van der Waals surface area contributed by atoms with Crippen LogP contribution < -0.4 is 14.2 Å². The third kappa shape index (κ3) is 4.97. The number of methoxy groups -OCH3 is 2. The number of benzene rings is 2. The molecule has 2 rings (SSSR count). The summed E-state index contributed by atoms with van der Waals surface area (Å²) in [5, 5.41) is 8.67. The van der Waals surface area contributed by atoms with Crippen LogP contribution in [0.1, 0.15) is 28.8 Å². The average molecular weight is 344 g/mol. The standard InChI is InChI=1S/C19H20O6/c1-23-17-7-4-8-18(24-2)15(17)12-25-14-6-3-5-13(11-14)16(20)9-10-19(21)22/h3-8,11H,9-10,12H2,1-2H3,(H,21,22). The SMILES string of the molecule is COc1cccc(OC)c1COc1cccc(C(=O)CCC(=O)O)c1. The Hall–Kier alpha value is -3.02. The van der Waals surface area contributed by atoms with E-state index in [1.165, 1.54) is 0 Å². The van der Waals surface area contributed by atoms with Crippen molar-refractivity contribution in [3.8, 4) is 17.2 Å². The van der Waals surface area contributed by atoms with Gasteiger partial charge in [-0.25, -0.2) is 0 Å². The molecule has 0 bridgehead atoms. The van der Waals surface area contributed by atoms with Gasteiger partial charge in [0, 0.05) is 12.0 Å². The number of ketones is 1. The average Bonchev–Trinajstić information content (AvgIpc) is 2.64. The highest BCUT2D eigenvalue weighted by atomic mass is 16.5. The van der Waals surface area contributed by atoms with E-state index in [-0.39, 0.29) is 25.2 Å². The minimum absolute atomic E-state index is 0.0425. The van der Waals surface area contributed by atoms with Gasteiger partial charge in [-0.1, -0.05) is 18.2 Å². The number of carboxylic acids is 1. The van der Waals surface area contributed by atoms with Gasteiger partial charge < -0.3 is 19.3 Å². The van der Waals surface area contributed by atoms with E-state index in [0.717, 1.165) is 5.56 Å². The van der Waals surface area contributed by atoms with E-state index in [0.29, 0.717) is 22.8 Å². The summed E-state index contributed by atoms with van der Waals surface area (Å²) in [6, 6.07) is 12.1. The lowest BCUT2D eigenvalue weighted by atomic mass is 10.1. The van der Waals surface area contributed by atoms with E-state index >= 15 is 0 Å². The zero-order valence-corrected chi connectivity index (χ0v) is 14.2. The van der Waals surface area contributed by atoms with Crippen LogP contribution in [0.25, 0.3) is 0 Å². The smallest absolute Gasteiger partial charge is 0.303 e. The molecule has 25 heavy (non-hydrogen) atoms. The van der Waals surface area contributed by atoms with Gasteiger partial charge in [0.05, 0.1) is 26.2 Å². The molecule has 2 aromatic carbocycles. The fraction of sp³-hybridized carbons (Fsp3) is 0.263. The third-order valence-electron chi connectivity index (χ3n) is 3.63. The molecule has 0 aliphatic heterocycles. The molecule has 0 saturated carbocycles. The Balaban J connectivity index is 2.11. The second kappa shape index (κ2) is 8.73. The van der Waals surface area contributed by atoms with Crippen molar-refractivity contribution in [1.29, 1.82) is 0 Å². The van der Waals surface area contributed by atoms with Gasteiger partial charge in [0.2, 0.25) is 0 Å². The van der Waals surface area contributed by atoms with Gasteiger partial charge in [-0.2, -0.15) is 0 Å². The summed E-state index contributed by atoms with van der Waals surface area (Å²) in [7, 11) is 3.14. The molecule has 0 spiro atoms. The molecule has 6 heteroatoms. The normalized spacial score (nSPS) is 10.2. The van der Waals surface area contributed by atoms with Crippen LogP contribution in [0.15, 0.2) is 42.5 Å². The molecule has 132 valence electrons. The van der Waals surface area contributed by atoms with E-state index in [1.54, 1.807) is 38.5 Å². The maximum atomic E-state index is 12.0. The van der Waals surface area contributed by atoms with Gasteiger partial charge in [-0.15, -0.1) is 0 Å². The van der Waals surface area contributed by atoms with Crippen LogP contribution >= 0.6 is 0 Å². The lowest BCUT2D eigenvalue weighted by Crippen LogP contribution is -2.05. The summed E-state index contributed by atoms with van der Waals surface area (Å²) in [6.45, 7) is 0.208. The fourth-order valence-electron chi connectivity index (χ4n) is 2.35. The highest BCUT2D eigenvalue weighted by molar-refractivity contribution is 5.97. The van der Waals surface area contributed by atoms with Gasteiger partial charge >= 0.3 is 5.97 Å². The van der Waals surface area contributed by atoms with Gasteiger partial charge in [-0.05, 0) is 24.3 Å². The Morgan fingerprint density at radius 3 is 2.20 bits per heavy atom. The summed E-state index contributed by atoms with van der Waals surface area (Å²) in [5.74, 6) is 0.571. The first-order chi connectivity index (χ1) is 12.0. The zero-order chi connectivity index (χ0) is 18.2. The summed E-state index contributed by atoms with van der Waals surface area (Å²) in [6.07, 6.45) is -0.235. The van der Waals surface area contributed by atoms with Crippen LogP contribution in [0.2, 0.25) is 0 Å². The topological polar surface area (TPSA) is 82.1 Å². The number of hydrogen-bond donors (Lipinski definition) is 1. The molecule has 0 amide bonds. The van der Waals surface area contributed by atoms with Crippen LogP contribution in [0.4, 0.5) is 0 Å². The maximum Gasteiger partial charge on any atom is 0.303 e. The molecule has 0 saturated heterocycles. The van der Waals surface area contributed by atoms with Crippen LogP contribution in [0, 0.1) is 0 Å². The predicted octanol–water partition coefficient (Wildman–Crippen LogP) is 3.33. The number of ether oxygens (including phenoxy) is 3. The van der Waals surface area contributed by atoms with Gasteiger partial charge in [0.15, 0.2) is 5.78 Å². The van der Waals surface area contributed by atoms with E-state index in [1.807, 2.05) is 18.2 Å². The number of carbonyl (C=O) groups is 2. The Morgan fingerprint density at radius 1 is 0.960 bits per heavy atom. The number of carbonyl (C=O) groups excluding carboxylic acids is 1. The van der Waals surface area contributed by atoms with Gasteiger partial charge in [0.25, 0.3) is 0 Å². The predicted molar refractivity (Wildman–Crippen MR) is 91.5 cm³/mol. The number of carboxylic acid groups (broad SMARTS) is 1. The molecular formula is C19H20O6. The summed E-state index contributed by atoms with van der Waals surface area (Å²) < 4.78 is 16.4. The Morgan fingerprint density at radius 2 is 1.60 bits per heavy atom. The Bertz CT molecular complexity index is 731. The zero-order valence-electron chi connectivity index (χ0n) is 14.2. The second-order valence-electron chi connectivity index (χ2n) is 5.27. The van der Waals surface area contributed by atoms with Crippen LogP contribution in [-0.4, -0.2) is 31.1 Å². The minimum Gasteiger partial charge on any atom is -0.496 e. The van der Waals surface area contributed by atoms with Gasteiger partial charge in [-0.3, -0.25) is 9.59 Å². The number of rotatable bonds is 9. The highest BCUT2D eigenvalue weighted by Crippen LogP contribution is 2.29. The number of Topliss-reactive ketones (excluding diaryl/α,β-unsaturated/α-hetero) is 1. The molecule has 0 heterocycles. The molecule has 0 unspecified atom stereocenters. The maximum absolute atomic E-state index is 12.0. The fourth-order valence-corrected chi connectivity index (χ4v) is 2.35. The lowest BCUT2D eigenvalue weighted by molar-refractivity contribution is -0.136. The first kappa shape index (κ1) is 18.3. The first-order valence-electron chi connectivity index (χ1n) is 7.73. The molecule has 0 aromatic heterocycles. The monoisotopic (exact) mass is 344 g/mol. The van der Waals surface area contributed by atoms with Crippen molar-refractivity contribution in [2.45, 2.75) is 19.4 Å². The van der Waals surface area contributed by atoms with E-state index < -0.39 is 5.97 Å². The quantitative estimate of drug-likeness (QED) is 0.703. The van der Waals surface area contributed by atoms with Crippen LogP contribution in [-0.2, 0) is 11.4 Å². The highest BCUT2D eigenvalue weighted by Gasteiger charge is 2.12. The van der Waals surface area contributed by atoms with E-state index in [2.05, 4.69) is 0 Å². The lowest BCUT2D eigenvalue weighted by Gasteiger charge is -2.14. The molecule has 2 aromatic rings. The molecule has 0 aliphatic carbocycles. The summed E-state index contributed by atoms with van der Waals surface area (Å²) in [5.41, 5.74) is 1.18. The molecule has 6 nitrogen and oxygen atoms in total. The number of hydrogen-bond acceptors (Lipinski definition) is 5. The minimum atomic E-state index is -0.996. The molecular weight excluding hydrogens is 324 g/mol. The molecule has 1 N–H and O–H groups in total. The van der Waals surface area contributed by atoms with Crippen molar-refractivity contribution in [3.63, 3.8) is 0 Å². The molecule has 0 atom stereocenters. The second-order valence-corrected chi connectivity index (χ2v) is 5.27. The third-order valence-corrected chi connectivity index (χ3v) is 3.63. The number of aliphatic carboxylic acids is 1. The van der Waals surface area contributed by atoms with Crippen molar-refractivity contribution in [1.82, 2.24) is 0 Å². The Labute approximate surface area is 146 Å². The van der Waals surface area contributed by atoms with Crippen molar-refractivity contribution >= 4 is 11.8 Å². The van der Waals surface area contributed by atoms with Crippen molar-refractivity contribution in [2.24, 2.45) is 0 Å². The van der Waals surface area contributed by atoms with Crippen molar-refractivity contribution in [3.05, 3.63) is 53.6 Å². The largest absolute Gasteiger partial charge is 0.496 e. The Kier molecular flexibility index (Phi) is 6.39. The molecule has 0 radical (unpaired) electrons. The summed E-state index contributed by atoms with van der Waals surface area (Å²) in [4.78, 5) is 22.6. The van der Waals surface area contributed by atoms with E-state index in [4.69, 9.17) is 19.3 Å². The molecule has 0 aliphatic rings. The van der Waals surface area contributed by atoms with Crippen LogP contribution in [0.5, 0.6) is 17.2 Å². The van der Waals surface area contributed by atoms with Crippen LogP contribution in [0.3, 0.4) is 0 Å². The van der Waals surface area contributed by atoms with Crippen molar-refractivity contribution in [2.75, 3.05) is 14.2 Å². The molecule has 0 fully saturated rings. The first-order valence-corrected chi connectivity index (χ1v) is 7.73. The van der Waals surface area contributed by atoms with Crippen molar-refractivity contribution < 1.29 is 28.9 Å². The summed E-state index contributed by atoms with van der Waals surface area (Å²) >= 11 is 0.